The van der Waals surface area contributed by atoms with Crippen LogP contribution in [0.4, 0.5) is 0 Å². The van der Waals surface area contributed by atoms with E-state index >= 15 is 0 Å². The maximum atomic E-state index is 12.3. The van der Waals surface area contributed by atoms with Gasteiger partial charge in [-0.3, -0.25) is 9.59 Å². The van der Waals surface area contributed by atoms with Crippen LogP contribution in [0.1, 0.15) is 67.2 Å². The number of ether oxygens (including phenoxy) is 2. The molecule has 0 aliphatic heterocycles. The van der Waals surface area contributed by atoms with Crippen molar-refractivity contribution in [2.45, 2.75) is 67.2 Å². The van der Waals surface area contributed by atoms with Gasteiger partial charge in [-0.2, -0.15) is 0 Å². The van der Waals surface area contributed by atoms with Crippen LogP contribution in [-0.4, -0.2) is 25.2 Å². The van der Waals surface area contributed by atoms with Crippen molar-refractivity contribution in [2.75, 3.05) is 13.2 Å². The third-order valence-electron chi connectivity index (χ3n) is 7.25. The number of rotatable bonds is 5. The van der Waals surface area contributed by atoms with Gasteiger partial charge in [-0.05, 0) is 48.3 Å². The van der Waals surface area contributed by atoms with Gasteiger partial charge >= 0.3 is 11.9 Å². The Labute approximate surface area is 146 Å². The van der Waals surface area contributed by atoms with Gasteiger partial charge in [0.1, 0.15) is 13.2 Å². The zero-order valence-corrected chi connectivity index (χ0v) is 16.2. The summed E-state index contributed by atoms with van der Waals surface area (Å²) in [5, 5.41) is 0. The number of hydrogen-bond acceptors (Lipinski definition) is 4. The third-order valence-corrected chi connectivity index (χ3v) is 7.25. The van der Waals surface area contributed by atoms with Crippen LogP contribution in [0.25, 0.3) is 0 Å². The summed E-state index contributed by atoms with van der Waals surface area (Å²) in [5.74, 6) is 0.681. The Morgan fingerprint density at radius 1 is 0.750 bits per heavy atom. The molecule has 2 rings (SSSR count). The van der Waals surface area contributed by atoms with Crippen molar-refractivity contribution in [3.63, 3.8) is 0 Å². The van der Waals surface area contributed by atoms with Crippen LogP contribution in [0.2, 0.25) is 0 Å². The lowest BCUT2D eigenvalue weighted by Crippen LogP contribution is -2.33. The highest BCUT2D eigenvalue weighted by Gasteiger charge is 2.46. The monoisotopic (exact) mass is 338 g/mol. The highest BCUT2D eigenvalue weighted by molar-refractivity contribution is 5.74. The molecule has 0 bridgehead atoms. The zero-order chi connectivity index (χ0) is 18.1. The van der Waals surface area contributed by atoms with E-state index in [0.717, 1.165) is 25.7 Å². The molecule has 0 aromatic heterocycles. The van der Waals surface area contributed by atoms with Crippen LogP contribution in [0, 0.1) is 34.5 Å². The van der Waals surface area contributed by atoms with Crippen LogP contribution < -0.4 is 0 Å². The van der Waals surface area contributed by atoms with Crippen molar-refractivity contribution in [1.29, 1.82) is 0 Å². The van der Waals surface area contributed by atoms with E-state index in [1.807, 2.05) is 0 Å². The average molecular weight is 338 g/mol. The van der Waals surface area contributed by atoms with Crippen molar-refractivity contribution in [3.05, 3.63) is 0 Å². The fourth-order valence-electron chi connectivity index (χ4n) is 4.34. The number of carbonyl (C=O) groups excluding carboxylic acids is 2. The van der Waals surface area contributed by atoms with Crippen molar-refractivity contribution in [2.24, 2.45) is 34.5 Å². The molecule has 0 unspecified atom stereocenters. The zero-order valence-electron chi connectivity index (χ0n) is 16.2. The summed E-state index contributed by atoms with van der Waals surface area (Å²) >= 11 is 0. The van der Waals surface area contributed by atoms with Crippen LogP contribution in [-0.2, 0) is 19.1 Å². The smallest absolute Gasteiger partial charge is 0.309 e. The molecule has 2 aliphatic carbocycles. The van der Waals surface area contributed by atoms with Crippen LogP contribution >= 0.6 is 0 Å². The topological polar surface area (TPSA) is 52.6 Å². The Hall–Kier alpha value is -1.06. The fraction of sp³-hybridized carbons (Fsp3) is 0.900. The average Bonchev–Trinajstić information content (AvgIpc) is 2.91. The highest BCUT2D eigenvalue weighted by atomic mass is 16.6. The minimum absolute atomic E-state index is 0.0161. The van der Waals surface area contributed by atoms with Gasteiger partial charge in [-0.25, -0.2) is 0 Å². The molecule has 0 amide bonds. The number of carbonyl (C=O) groups is 2. The van der Waals surface area contributed by atoms with Gasteiger partial charge in [-0.1, -0.05) is 41.5 Å². The third kappa shape index (κ3) is 3.62. The van der Waals surface area contributed by atoms with E-state index in [2.05, 4.69) is 41.5 Å². The molecule has 138 valence electrons. The van der Waals surface area contributed by atoms with E-state index in [4.69, 9.17) is 9.47 Å². The van der Waals surface area contributed by atoms with Crippen LogP contribution in [0.5, 0.6) is 0 Å². The van der Waals surface area contributed by atoms with Gasteiger partial charge < -0.3 is 9.47 Å². The minimum Gasteiger partial charge on any atom is -0.462 e. The van der Waals surface area contributed by atoms with Gasteiger partial charge in [0.2, 0.25) is 0 Å². The van der Waals surface area contributed by atoms with Gasteiger partial charge in [0.25, 0.3) is 0 Å². The molecule has 24 heavy (non-hydrogen) atoms. The maximum Gasteiger partial charge on any atom is 0.309 e. The SMILES string of the molecule is C[C@@H]1CC[C@H](C(=O)OCCOC(=O)[C@H]2CC[C@@H](C)C2(C)C)C1(C)C. The molecule has 0 aromatic rings. The molecule has 4 atom stereocenters. The Morgan fingerprint density at radius 2 is 1.08 bits per heavy atom. The molecule has 4 heteroatoms. The van der Waals surface area contributed by atoms with E-state index < -0.39 is 0 Å². The van der Waals surface area contributed by atoms with E-state index in [1.165, 1.54) is 0 Å². The van der Waals surface area contributed by atoms with E-state index in [9.17, 15) is 9.59 Å². The lowest BCUT2D eigenvalue weighted by atomic mass is 9.76. The van der Waals surface area contributed by atoms with Gasteiger partial charge in [0.05, 0.1) is 11.8 Å². The molecular weight excluding hydrogens is 304 g/mol. The number of esters is 2. The maximum absolute atomic E-state index is 12.3. The first-order valence-corrected chi connectivity index (χ1v) is 9.41. The molecule has 2 saturated carbocycles. The summed E-state index contributed by atoms with van der Waals surface area (Å²) < 4.78 is 10.8. The molecule has 0 N–H and O–H groups in total. The number of hydrogen-bond donors (Lipinski definition) is 0. The lowest BCUT2D eigenvalue weighted by Gasteiger charge is -2.30. The Morgan fingerprint density at radius 3 is 1.33 bits per heavy atom. The molecule has 0 spiro atoms. The normalized spacial score (nSPS) is 34.1. The second-order valence-corrected chi connectivity index (χ2v) is 9.04. The Bertz CT molecular complexity index is 436. The minimum atomic E-state index is -0.143. The van der Waals surface area contributed by atoms with E-state index in [-0.39, 0.29) is 47.8 Å². The van der Waals surface area contributed by atoms with Crippen LogP contribution in [0.3, 0.4) is 0 Å². The van der Waals surface area contributed by atoms with Gasteiger partial charge in [0.15, 0.2) is 0 Å². The highest BCUT2D eigenvalue weighted by Crippen LogP contribution is 2.48. The van der Waals surface area contributed by atoms with Gasteiger partial charge in [-0.15, -0.1) is 0 Å². The van der Waals surface area contributed by atoms with Crippen molar-refractivity contribution < 1.29 is 19.1 Å². The first-order valence-electron chi connectivity index (χ1n) is 9.41. The molecule has 0 aromatic carbocycles. The summed E-state index contributed by atoms with van der Waals surface area (Å²) in [7, 11) is 0. The fourth-order valence-corrected chi connectivity index (χ4v) is 4.34. The van der Waals surface area contributed by atoms with E-state index in [1.54, 1.807) is 0 Å². The van der Waals surface area contributed by atoms with Crippen molar-refractivity contribution in [3.8, 4) is 0 Å². The standard InChI is InChI=1S/C20H34O4/c1-13-7-9-15(19(13,3)4)17(21)23-11-12-24-18(22)16-10-8-14(2)20(16,5)6/h13-16H,7-12H2,1-6H3/t13-,14-,15-,16-/m1/s1. The van der Waals surface area contributed by atoms with Crippen LogP contribution in [0.15, 0.2) is 0 Å². The first kappa shape index (κ1) is 19.3. The molecule has 0 saturated heterocycles. The quantitative estimate of drug-likeness (QED) is 0.556. The molecule has 0 radical (unpaired) electrons. The Balaban J connectivity index is 1.74. The largest absolute Gasteiger partial charge is 0.462 e. The summed E-state index contributed by atoms with van der Waals surface area (Å²) in [6.45, 7) is 13.3. The van der Waals surface area contributed by atoms with Crippen molar-refractivity contribution >= 4 is 11.9 Å². The first-order chi connectivity index (χ1) is 11.1. The molecule has 2 aliphatic rings. The molecular formula is C20H34O4. The molecule has 2 fully saturated rings. The second-order valence-electron chi connectivity index (χ2n) is 9.04. The molecule has 4 nitrogen and oxygen atoms in total. The predicted octanol–water partition coefficient (Wildman–Crippen LogP) is 4.22. The lowest BCUT2D eigenvalue weighted by molar-refractivity contribution is -0.161. The summed E-state index contributed by atoms with van der Waals surface area (Å²) in [4.78, 5) is 24.6. The summed E-state index contributed by atoms with van der Waals surface area (Å²) in [6, 6.07) is 0. The van der Waals surface area contributed by atoms with Crippen molar-refractivity contribution in [1.82, 2.24) is 0 Å². The summed E-state index contributed by atoms with van der Waals surface area (Å²) in [6.07, 6.45) is 3.91. The second kappa shape index (κ2) is 7.05. The van der Waals surface area contributed by atoms with Gasteiger partial charge in [0, 0.05) is 0 Å². The predicted molar refractivity (Wildman–Crippen MR) is 93.3 cm³/mol. The molecule has 0 heterocycles. The Kier molecular flexibility index (Phi) is 5.66. The summed E-state index contributed by atoms with van der Waals surface area (Å²) in [5.41, 5.74) is -0.0322. The van der Waals surface area contributed by atoms with E-state index in [0.29, 0.717) is 11.8 Å².